The van der Waals surface area contributed by atoms with E-state index in [1.807, 2.05) is 0 Å². The van der Waals surface area contributed by atoms with E-state index in [0.29, 0.717) is 0 Å². The largest absolute Gasteiger partial charge is 0.491 e. The van der Waals surface area contributed by atoms with Crippen LogP contribution in [0.4, 0.5) is 5.82 Å². The first kappa shape index (κ1) is 5.83. The minimum atomic E-state index is -0.542. The molecule has 4 N–H and O–H groups in total. The molecule has 2 heterocycles. The number of aromatic nitrogens is 3. The number of rotatable bonds is 0. The van der Waals surface area contributed by atoms with E-state index in [9.17, 15) is 0 Å². The van der Waals surface area contributed by atoms with Crippen LogP contribution < -0.4 is 5.73 Å². The highest BCUT2D eigenvalue weighted by molar-refractivity contribution is 5.49. The molecule has 2 rings (SSSR count). The van der Waals surface area contributed by atoms with Crippen LogP contribution >= 0.6 is 0 Å². The standard InChI is InChI=1S/C4H4N4O3/c5-1-2(9)6-3-8(1)7-4(10)11-3/h9H,5H2,(H,7,10). The smallest absolute Gasteiger partial charge is 0.412 e. The second-order valence-electron chi connectivity index (χ2n) is 1.90. The van der Waals surface area contributed by atoms with Gasteiger partial charge in [0.15, 0.2) is 5.82 Å². The van der Waals surface area contributed by atoms with Crippen molar-refractivity contribution in [3.8, 4) is 12.0 Å². The molecule has 0 amide bonds. The quantitative estimate of drug-likeness (QED) is 0.466. The van der Waals surface area contributed by atoms with Crippen molar-refractivity contribution in [3.05, 3.63) is 0 Å². The summed E-state index contributed by atoms with van der Waals surface area (Å²) in [5.74, 6) is -0.474. The van der Waals surface area contributed by atoms with Crippen LogP contribution in [0.25, 0.3) is 5.84 Å². The van der Waals surface area contributed by atoms with Gasteiger partial charge in [0.05, 0.1) is 0 Å². The molecule has 0 radical (unpaired) electrons. The molecular formula is C4H4N4O3. The zero-order valence-electron chi connectivity index (χ0n) is 5.22. The fraction of sp³-hybridized carbons (Fsp3) is 0. The lowest BCUT2D eigenvalue weighted by Crippen LogP contribution is -1.92. The molecule has 0 spiro atoms. The number of hydrogen-bond acceptors (Lipinski definition) is 6. The molecule has 0 aliphatic heterocycles. The summed E-state index contributed by atoms with van der Waals surface area (Å²) in [4.78, 5) is 3.44. The SMILES string of the molecule is Nc1c(O)nc2oc(O)nn12. The van der Waals surface area contributed by atoms with Gasteiger partial charge in [0.1, 0.15) is 0 Å². The van der Waals surface area contributed by atoms with Gasteiger partial charge in [-0.15, -0.1) is 0 Å². The fourth-order valence-corrected chi connectivity index (χ4v) is 0.743. The van der Waals surface area contributed by atoms with Crippen LogP contribution in [0.2, 0.25) is 0 Å². The number of anilines is 1. The first-order chi connectivity index (χ1) is 5.18. The van der Waals surface area contributed by atoms with E-state index in [1.54, 1.807) is 0 Å². The van der Waals surface area contributed by atoms with E-state index < -0.39 is 6.08 Å². The Labute approximate surface area is 59.7 Å². The Kier molecular flexibility index (Phi) is 0.831. The van der Waals surface area contributed by atoms with Gasteiger partial charge in [0, 0.05) is 0 Å². The molecule has 2 aromatic heterocycles. The summed E-state index contributed by atoms with van der Waals surface area (Å²) in [5, 5.41) is 21.0. The van der Waals surface area contributed by atoms with Crippen LogP contribution in [0.3, 0.4) is 0 Å². The van der Waals surface area contributed by atoms with E-state index in [2.05, 4.69) is 14.5 Å². The van der Waals surface area contributed by atoms with Crippen LogP contribution in [-0.4, -0.2) is 24.8 Å². The maximum atomic E-state index is 8.88. The Morgan fingerprint density at radius 2 is 2.18 bits per heavy atom. The molecule has 0 unspecified atom stereocenters. The van der Waals surface area contributed by atoms with Crippen molar-refractivity contribution in [1.29, 1.82) is 0 Å². The molecule has 0 saturated carbocycles. The van der Waals surface area contributed by atoms with Crippen molar-refractivity contribution >= 4 is 11.7 Å². The number of imidazole rings is 1. The molecule has 7 nitrogen and oxygen atoms in total. The van der Waals surface area contributed by atoms with Crippen molar-refractivity contribution in [2.45, 2.75) is 0 Å². The normalized spacial score (nSPS) is 10.9. The van der Waals surface area contributed by atoms with E-state index in [4.69, 9.17) is 15.9 Å². The van der Waals surface area contributed by atoms with Crippen LogP contribution in [0, 0.1) is 0 Å². The van der Waals surface area contributed by atoms with Crippen molar-refractivity contribution in [1.82, 2.24) is 14.6 Å². The van der Waals surface area contributed by atoms with Crippen LogP contribution in [0.15, 0.2) is 4.42 Å². The van der Waals surface area contributed by atoms with Crippen LogP contribution in [0.1, 0.15) is 0 Å². The monoisotopic (exact) mass is 156 g/mol. The molecule has 0 saturated heterocycles. The van der Waals surface area contributed by atoms with Gasteiger partial charge in [-0.3, -0.25) is 0 Å². The Hall–Kier alpha value is -1.92. The van der Waals surface area contributed by atoms with Gasteiger partial charge in [0.25, 0.3) is 5.88 Å². The van der Waals surface area contributed by atoms with Crippen molar-refractivity contribution in [2.75, 3.05) is 5.73 Å². The molecule has 0 fully saturated rings. The molecule has 2 aromatic rings. The summed E-state index contributed by atoms with van der Waals surface area (Å²) < 4.78 is 5.52. The second kappa shape index (κ2) is 1.57. The zero-order chi connectivity index (χ0) is 8.01. The lowest BCUT2D eigenvalue weighted by atomic mass is 10.7. The van der Waals surface area contributed by atoms with Gasteiger partial charge in [0.2, 0.25) is 0 Å². The van der Waals surface area contributed by atoms with Gasteiger partial charge < -0.3 is 20.4 Å². The third kappa shape index (κ3) is 0.613. The minimum Gasteiger partial charge on any atom is -0.491 e. The summed E-state index contributed by atoms with van der Waals surface area (Å²) >= 11 is 0. The Morgan fingerprint density at radius 1 is 1.45 bits per heavy atom. The second-order valence-corrected chi connectivity index (χ2v) is 1.90. The fourth-order valence-electron chi connectivity index (χ4n) is 0.743. The molecular weight excluding hydrogens is 152 g/mol. The molecule has 0 atom stereocenters. The third-order valence-electron chi connectivity index (χ3n) is 1.21. The number of nitrogens with zero attached hydrogens (tertiary/aromatic N) is 3. The topological polar surface area (TPSA) is 110 Å². The summed E-state index contributed by atoms with van der Waals surface area (Å²) in [5.41, 5.74) is 5.27. The molecule has 0 bridgehead atoms. The van der Waals surface area contributed by atoms with E-state index in [0.717, 1.165) is 4.52 Å². The van der Waals surface area contributed by atoms with Gasteiger partial charge in [-0.05, 0) is 0 Å². The predicted octanol–water partition coefficient (Wildman–Crippen LogP) is -0.684. The van der Waals surface area contributed by atoms with Gasteiger partial charge in [-0.1, -0.05) is 5.10 Å². The van der Waals surface area contributed by atoms with Gasteiger partial charge >= 0.3 is 11.9 Å². The molecule has 0 aliphatic carbocycles. The average molecular weight is 156 g/mol. The third-order valence-corrected chi connectivity index (χ3v) is 1.21. The number of aromatic hydroxyl groups is 2. The summed E-state index contributed by atoms with van der Waals surface area (Å²) in [7, 11) is 0. The van der Waals surface area contributed by atoms with Crippen LogP contribution in [-0.2, 0) is 0 Å². The minimum absolute atomic E-state index is 0.0440. The highest BCUT2D eigenvalue weighted by atomic mass is 16.5. The van der Waals surface area contributed by atoms with Crippen molar-refractivity contribution in [3.63, 3.8) is 0 Å². The van der Waals surface area contributed by atoms with Gasteiger partial charge in [-0.2, -0.15) is 9.50 Å². The number of nitrogen functional groups attached to an aromatic ring is 1. The van der Waals surface area contributed by atoms with E-state index in [1.165, 1.54) is 0 Å². The lowest BCUT2D eigenvalue weighted by Gasteiger charge is -1.83. The van der Waals surface area contributed by atoms with Crippen molar-refractivity contribution in [2.24, 2.45) is 0 Å². The number of nitrogens with two attached hydrogens (primary N) is 1. The Morgan fingerprint density at radius 3 is 2.82 bits per heavy atom. The number of fused-ring (bicyclic) bond motifs is 1. The maximum Gasteiger partial charge on any atom is 0.412 e. The highest BCUT2D eigenvalue weighted by Crippen LogP contribution is 2.22. The zero-order valence-corrected chi connectivity index (χ0v) is 5.22. The van der Waals surface area contributed by atoms with Gasteiger partial charge in [-0.25, -0.2) is 0 Å². The molecule has 7 heteroatoms. The summed E-state index contributed by atoms with van der Waals surface area (Å²) in [6, 6.07) is 0. The van der Waals surface area contributed by atoms with Crippen molar-refractivity contribution < 1.29 is 14.6 Å². The van der Waals surface area contributed by atoms with Crippen LogP contribution in [0.5, 0.6) is 12.0 Å². The van der Waals surface area contributed by atoms with E-state index in [-0.39, 0.29) is 17.5 Å². The lowest BCUT2D eigenvalue weighted by molar-refractivity contribution is 0.324. The summed E-state index contributed by atoms with van der Waals surface area (Å²) in [6.07, 6.45) is -0.542. The Balaban J connectivity index is 2.88. The average Bonchev–Trinajstić information content (AvgIpc) is 2.37. The maximum absolute atomic E-state index is 8.88. The molecule has 0 aromatic carbocycles. The Bertz CT molecular complexity index is 403. The molecule has 0 aliphatic rings. The first-order valence-corrected chi connectivity index (χ1v) is 2.71. The number of hydrogen-bond donors (Lipinski definition) is 3. The highest BCUT2D eigenvalue weighted by Gasteiger charge is 2.13. The molecule has 11 heavy (non-hydrogen) atoms. The summed E-state index contributed by atoms with van der Waals surface area (Å²) in [6.45, 7) is 0. The van der Waals surface area contributed by atoms with E-state index >= 15 is 0 Å². The molecule has 58 valence electrons. The first-order valence-electron chi connectivity index (χ1n) is 2.71. The predicted molar refractivity (Wildman–Crippen MR) is 33.0 cm³/mol.